The van der Waals surface area contributed by atoms with Crippen LogP contribution in [0.2, 0.25) is 0 Å². The summed E-state index contributed by atoms with van der Waals surface area (Å²) in [6, 6.07) is -0.000950. The highest BCUT2D eigenvalue weighted by molar-refractivity contribution is 5.85. The molecular formula is C11H21ClN4O. The third-order valence-electron chi connectivity index (χ3n) is 2.50. The third kappa shape index (κ3) is 4.75. The minimum atomic E-state index is -0.000950. The maximum atomic E-state index is 11.5. The molecule has 0 spiro atoms. The lowest BCUT2D eigenvalue weighted by Crippen LogP contribution is -2.27. The van der Waals surface area contributed by atoms with Gasteiger partial charge >= 0.3 is 0 Å². The van der Waals surface area contributed by atoms with Gasteiger partial charge in [-0.25, -0.2) is 0 Å². The van der Waals surface area contributed by atoms with E-state index in [0.29, 0.717) is 13.0 Å². The van der Waals surface area contributed by atoms with E-state index >= 15 is 0 Å². The Morgan fingerprint density at radius 3 is 2.76 bits per heavy atom. The molecule has 98 valence electrons. The van der Waals surface area contributed by atoms with Crippen molar-refractivity contribution in [1.29, 1.82) is 0 Å². The van der Waals surface area contributed by atoms with Gasteiger partial charge < -0.3 is 11.1 Å². The lowest BCUT2D eigenvalue weighted by atomic mass is 10.1. The summed E-state index contributed by atoms with van der Waals surface area (Å²) in [5, 5.41) is 7.18. The van der Waals surface area contributed by atoms with Crippen molar-refractivity contribution in [2.45, 2.75) is 32.7 Å². The van der Waals surface area contributed by atoms with E-state index in [9.17, 15) is 4.79 Å². The fourth-order valence-corrected chi connectivity index (χ4v) is 1.70. The van der Waals surface area contributed by atoms with E-state index in [1.807, 2.05) is 27.1 Å². The molecule has 0 aliphatic carbocycles. The largest absolute Gasteiger partial charge is 0.349 e. The fourth-order valence-electron chi connectivity index (χ4n) is 1.70. The molecule has 1 aromatic heterocycles. The Bertz CT molecular complexity index is 364. The summed E-state index contributed by atoms with van der Waals surface area (Å²) < 4.78 is 1.76. The molecule has 0 saturated carbocycles. The van der Waals surface area contributed by atoms with Gasteiger partial charge in [-0.05, 0) is 26.8 Å². The van der Waals surface area contributed by atoms with Crippen LogP contribution in [0.15, 0.2) is 6.20 Å². The van der Waals surface area contributed by atoms with Crippen LogP contribution >= 0.6 is 12.4 Å². The zero-order chi connectivity index (χ0) is 12.1. The predicted octanol–water partition coefficient (Wildman–Crippen LogP) is 1.07. The summed E-state index contributed by atoms with van der Waals surface area (Å²) in [5.41, 5.74) is 7.36. The number of nitrogens with two attached hydrogens (primary N) is 1. The first-order chi connectivity index (χ1) is 7.54. The molecule has 5 nitrogen and oxygen atoms in total. The van der Waals surface area contributed by atoms with Crippen LogP contribution in [0.25, 0.3) is 0 Å². The van der Waals surface area contributed by atoms with E-state index in [1.165, 1.54) is 0 Å². The fraction of sp³-hybridized carbons (Fsp3) is 0.636. The van der Waals surface area contributed by atoms with E-state index in [0.717, 1.165) is 17.7 Å². The molecule has 1 aromatic rings. The highest BCUT2D eigenvalue weighted by Crippen LogP contribution is 2.15. The summed E-state index contributed by atoms with van der Waals surface area (Å²) >= 11 is 0. The zero-order valence-corrected chi connectivity index (χ0v) is 11.4. The Hall–Kier alpha value is -1.07. The Balaban J connectivity index is 0.00000256. The van der Waals surface area contributed by atoms with Gasteiger partial charge in [0.05, 0.1) is 11.7 Å². The molecule has 1 rings (SSSR count). The molecule has 17 heavy (non-hydrogen) atoms. The minimum Gasteiger partial charge on any atom is -0.349 e. The van der Waals surface area contributed by atoms with Crippen molar-refractivity contribution in [3.63, 3.8) is 0 Å². The monoisotopic (exact) mass is 260 g/mol. The number of hydrogen-bond acceptors (Lipinski definition) is 3. The number of carbonyl (C=O) groups is 1. The topological polar surface area (TPSA) is 72.9 Å². The molecule has 1 unspecified atom stereocenters. The Morgan fingerprint density at radius 1 is 1.65 bits per heavy atom. The molecule has 0 radical (unpaired) electrons. The summed E-state index contributed by atoms with van der Waals surface area (Å²) in [6.07, 6.45) is 3.15. The molecule has 0 aliphatic heterocycles. The van der Waals surface area contributed by atoms with Gasteiger partial charge in [-0.2, -0.15) is 5.10 Å². The summed E-state index contributed by atoms with van der Waals surface area (Å²) in [6.45, 7) is 4.45. The van der Waals surface area contributed by atoms with Crippen molar-refractivity contribution >= 4 is 18.3 Å². The van der Waals surface area contributed by atoms with E-state index in [1.54, 1.807) is 4.68 Å². The van der Waals surface area contributed by atoms with Crippen molar-refractivity contribution < 1.29 is 4.79 Å². The van der Waals surface area contributed by atoms with E-state index in [2.05, 4.69) is 10.4 Å². The molecule has 6 heteroatoms. The molecule has 0 fully saturated rings. The highest BCUT2D eigenvalue weighted by Gasteiger charge is 2.13. The van der Waals surface area contributed by atoms with E-state index in [4.69, 9.17) is 5.73 Å². The first-order valence-corrected chi connectivity index (χ1v) is 5.54. The average Bonchev–Trinajstić information content (AvgIpc) is 2.54. The Labute approximate surface area is 108 Å². The number of halogens is 1. The molecular weight excluding hydrogens is 240 g/mol. The van der Waals surface area contributed by atoms with Crippen molar-refractivity contribution in [3.8, 4) is 0 Å². The van der Waals surface area contributed by atoms with Gasteiger partial charge in [-0.1, -0.05) is 0 Å². The van der Waals surface area contributed by atoms with Crippen LogP contribution in [0, 0.1) is 6.92 Å². The minimum absolute atomic E-state index is 0. The van der Waals surface area contributed by atoms with E-state index < -0.39 is 0 Å². The number of aromatic nitrogens is 2. The second kappa shape index (κ2) is 7.29. The SMILES string of the molecule is Cc1nn(C)cc1C(C)NC(=O)CCCN.Cl. The van der Waals surface area contributed by atoms with Gasteiger partial charge in [0.15, 0.2) is 0 Å². The summed E-state index contributed by atoms with van der Waals surface area (Å²) in [4.78, 5) is 11.5. The van der Waals surface area contributed by atoms with Crippen molar-refractivity contribution in [3.05, 3.63) is 17.5 Å². The van der Waals surface area contributed by atoms with Crippen LogP contribution < -0.4 is 11.1 Å². The van der Waals surface area contributed by atoms with Gasteiger partial charge in [0, 0.05) is 25.2 Å². The second-order valence-corrected chi connectivity index (χ2v) is 4.02. The summed E-state index contributed by atoms with van der Waals surface area (Å²) in [7, 11) is 1.87. The van der Waals surface area contributed by atoms with Gasteiger partial charge in [0.25, 0.3) is 0 Å². The molecule has 0 saturated heterocycles. The highest BCUT2D eigenvalue weighted by atomic mass is 35.5. The van der Waals surface area contributed by atoms with Gasteiger partial charge in [0.1, 0.15) is 0 Å². The standard InChI is InChI=1S/C11H20N4O.ClH/c1-8(13-11(16)5-4-6-12)10-7-15(3)14-9(10)2;/h7-8H,4-6,12H2,1-3H3,(H,13,16);1H. The third-order valence-corrected chi connectivity index (χ3v) is 2.50. The number of nitrogens with zero attached hydrogens (tertiary/aromatic N) is 2. The maximum absolute atomic E-state index is 11.5. The summed E-state index contributed by atoms with van der Waals surface area (Å²) in [5.74, 6) is 0.0428. The Kier molecular flexibility index (Phi) is 6.83. The van der Waals surface area contributed by atoms with Crippen molar-refractivity contribution in [1.82, 2.24) is 15.1 Å². The number of carbonyl (C=O) groups excluding carboxylic acids is 1. The second-order valence-electron chi connectivity index (χ2n) is 4.02. The molecule has 1 amide bonds. The van der Waals surface area contributed by atoms with Crippen LogP contribution in [0.5, 0.6) is 0 Å². The molecule has 0 bridgehead atoms. The van der Waals surface area contributed by atoms with Crippen LogP contribution in [-0.2, 0) is 11.8 Å². The van der Waals surface area contributed by atoms with Gasteiger partial charge in [-0.3, -0.25) is 9.48 Å². The number of aryl methyl sites for hydroxylation is 2. The van der Waals surface area contributed by atoms with Crippen molar-refractivity contribution in [2.75, 3.05) is 6.54 Å². The number of rotatable bonds is 5. The Morgan fingerprint density at radius 2 is 2.29 bits per heavy atom. The van der Waals surface area contributed by atoms with Gasteiger partial charge in [-0.15, -0.1) is 12.4 Å². The molecule has 1 atom stereocenters. The lowest BCUT2D eigenvalue weighted by molar-refractivity contribution is -0.121. The molecule has 0 aliphatic rings. The number of nitrogens with one attached hydrogen (secondary N) is 1. The molecule has 3 N–H and O–H groups in total. The first-order valence-electron chi connectivity index (χ1n) is 5.54. The number of amides is 1. The lowest BCUT2D eigenvalue weighted by Gasteiger charge is -2.12. The van der Waals surface area contributed by atoms with Crippen LogP contribution in [0.3, 0.4) is 0 Å². The first kappa shape index (κ1) is 15.9. The van der Waals surface area contributed by atoms with Crippen molar-refractivity contribution in [2.24, 2.45) is 12.8 Å². The quantitative estimate of drug-likeness (QED) is 0.832. The molecule has 1 heterocycles. The van der Waals surface area contributed by atoms with Gasteiger partial charge in [0.2, 0.25) is 5.91 Å². The average molecular weight is 261 g/mol. The predicted molar refractivity (Wildman–Crippen MR) is 70.0 cm³/mol. The molecule has 0 aromatic carbocycles. The van der Waals surface area contributed by atoms with Crippen LogP contribution in [0.1, 0.15) is 37.1 Å². The van der Waals surface area contributed by atoms with Crippen LogP contribution in [-0.4, -0.2) is 22.2 Å². The van der Waals surface area contributed by atoms with Crippen LogP contribution in [0.4, 0.5) is 0 Å². The normalized spacial score (nSPS) is 11.8. The number of hydrogen-bond donors (Lipinski definition) is 2. The maximum Gasteiger partial charge on any atom is 0.220 e. The smallest absolute Gasteiger partial charge is 0.220 e. The van der Waals surface area contributed by atoms with E-state index in [-0.39, 0.29) is 24.4 Å². The zero-order valence-electron chi connectivity index (χ0n) is 10.6.